The van der Waals surface area contributed by atoms with Gasteiger partial charge in [-0.15, -0.1) is 0 Å². The fourth-order valence-corrected chi connectivity index (χ4v) is 3.57. The summed E-state index contributed by atoms with van der Waals surface area (Å²) in [6, 6.07) is 14.8. The predicted octanol–water partition coefficient (Wildman–Crippen LogP) is 4.61. The van der Waals surface area contributed by atoms with E-state index >= 15 is 0 Å². The maximum absolute atomic E-state index is 13.0. The summed E-state index contributed by atoms with van der Waals surface area (Å²) in [5.41, 5.74) is 1.83. The first-order chi connectivity index (χ1) is 15.3. The van der Waals surface area contributed by atoms with Gasteiger partial charge in [-0.1, -0.05) is 35.3 Å². The van der Waals surface area contributed by atoms with Gasteiger partial charge in [0.15, 0.2) is 0 Å². The minimum Gasteiger partial charge on any atom is -0.467 e. The van der Waals surface area contributed by atoms with E-state index < -0.39 is 11.8 Å². The molecule has 1 aliphatic heterocycles. The van der Waals surface area contributed by atoms with Crippen molar-refractivity contribution in [1.29, 1.82) is 0 Å². The first-order valence-electron chi connectivity index (χ1n) is 9.57. The number of hydrogen-bond acceptors (Lipinski definition) is 5. The maximum Gasteiger partial charge on any atom is 0.283 e. The summed E-state index contributed by atoms with van der Waals surface area (Å²) in [5.74, 6) is -0.975. The molecule has 2 N–H and O–H groups in total. The molecule has 0 spiro atoms. The molecule has 32 heavy (non-hydrogen) atoms. The summed E-state index contributed by atoms with van der Waals surface area (Å²) < 4.78 is 5.21. The Hall–Kier alpha value is -3.55. The van der Waals surface area contributed by atoms with E-state index in [1.807, 2.05) is 0 Å². The lowest BCUT2D eigenvalue weighted by atomic mass is 10.1. The van der Waals surface area contributed by atoms with Crippen molar-refractivity contribution in [2.75, 3.05) is 10.2 Å². The van der Waals surface area contributed by atoms with Crippen molar-refractivity contribution in [3.8, 4) is 0 Å². The third-order valence-electron chi connectivity index (χ3n) is 4.86. The highest BCUT2D eigenvalue weighted by Crippen LogP contribution is 2.32. The minimum absolute atomic E-state index is 0.0760. The Balaban J connectivity index is 1.55. The van der Waals surface area contributed by atoms with E-state index in [0.717, 1.165) is 10.5 Å². The van der Waals surface area contributed by atoms with Gasteiger partial charge in [0, 0.05) is 16.3 Å². The zero-order valence-corrected chi connectivity index (χ0v) is 18.3. The van der Waals surface area contributed by atoms with E-state index in [1.165, 1.54) is 12.3 Å². The van der Waals surface area contributed by atoms with E-state index in [-0.39, 0.29) is 23.2 Å². The smallest absolute Gasteiger partial charge is 0.283 e. The molecule has 9 heteroatoms. The second-order valence-corrected chi connectivity index (χ2v) is 7.85. The van der Waals surface area contributed by atoms with Crippen LogP contribution in [0.5, 0.6) is 0 Å². The van der Waals surface area contributed by atoms with Gasteiger partial charge >= 0.3 is 0 Å². The van der Waals surface area contributed by atoms with E-state index in [0.29, 0.717) is 27.7 Å². The molecular weight excluding hydrogens is 453 g/mol. The van der Waals surface area contributed by atoms with Crippen LogP contribution in [0.2, 0.25) is 5.02 Å². The van der Waals surface area contributed by atoms with Crippen LogP contribution in [0.25, 0.3) is 0 Å². The summed E-state index contributed by atoms with van der Waals surface area (Å²) in [6.45, 7) is 2.04. The number of amides is 3. The molecule has 162 valence electrons. The molecule has 0 bridgehead atoms. The normalized spacial score (nSPS) is 13.7. The molecule has 0 unspecified atom stereocenters. The zero-order valence-electron chi connectivity index (χ0n) is 16.8. The van der Waals surface area contributed by atoms with Gasteiger partial charge in [0.1, 0.15) is 16.5 Å². The first-order valence-corrected chi connectivity index (χ1v) is 10.3. The number of anilines is 2. The molecule has 3 amide bonds. The number of nitrogens with one attached hydrogen (secondary N) is 2. The van der Waals surface area contributed by atoms with E-state index in [1.54, 1.807) is 55.5 Å². The summed E-state index contributed by atoms with van der Waals surface area (Å²) in [6.07, 6.45) is 1.53. The van der Waals surface area contributed by atoms with Crippen molar-refractivity contribution >= 4 is 52.3 Å². The lowest BCUT2D eigenvalue weighted by Gasteiger charge is -2.16. The van der Waals surface area contributed by atoms with Crippen LogP contribution in [0, 0.1) is 6.92 Å². The zero-order chi connectivity index (χ0) is 22.8. The van der Waals surface area contributed by atoms with Crippen LogP contribution in [-0.2, 0) is 16.1 Å². The number of benzene rings is 2. The van der Waals surface area contributed by atoms with Crippen molar-refractivity contribution in [1.82, 2.24) is 5.32 Å². The van der Waals surface area contributed by atoms with Crippen LogP contribution < -0.4 is 15.5 Å². The quantitative estimate of drug-likeness (QED) is 0.514. The van der Waals surface area contributed by atoms with Crippen LogP contribution >= 0.6 is 23.2 Å². The third-order valence-corrected chi connectivity index (χ3v) is 5.44. The van der Waals surface area contributed by atoms with Crippen molar-refractivity contribution in [3.63, 3.8) is 0 Å². The Morgan fingerprint density at radius 1 is 1.03 bits per heavy atom. The number of furan rings is 1. The molecule has 2 heterocycles. The molecule has 0 fully saturated rings. The number of carbonyl (C=O) groups is 3. The fourth-order valence-electron chi connectivity index (χ4n) is 3.18. The molecule has 7 nitrogen and oxygen atoms in total. The molecular formula is C23H17Cl2N3O4. The highest BCUT2D eigenvalue weighted by Gasteiger charge is 2.39. The molecule has 0 radical (unpaired) electrons. The van der Waals surface area contributed by atoms with Gasteiger partial charge in [-0.2, -0.15) is 0 Å². The Morgan fingerprint density at radius 2 is 1.84 bits per heavy atom. The average molecular weight is 470 g/mol. The number of rotatable bonds is 6. The molecule has 2 aromatic carbocycles. The number of carbonyl (C=O) groups excluding carboxylic acids is 3. The molecule has 0 saturated heterocycles. The van der Waals surface area contributed by atoms with Gasteiger partial charge < -0.3 is 15.1 Å². The Morgan fingerprint density at radius 3 is 2.56 bits per heavy atom. The second kappa shape index (κ2) is 8.90. The van der Waals surface area contributed by atoms with Crippen LogP contribution in [0.15, 0.2) is 76.0 Å². The fraction of sp³-hybridized carbons (Fsp3) is 0.0870. The minimum atomic E-state index is -0.661. The summed E-state index contributed by atoms with van der Waals surface area (Å²) in [5, 5.41) is 5.81. The highest BCUT2D eigenvalue weighted by atomic mass is 35.5. The van der Waals surface area contributed by atoms with Crippen LogP contribution in [0.4, 0.5) is 11.4 Å². The molecule has 3 aromatic rings. The third kappa shape index (κ3) is 4.26. The highest BCUT2D eigenvalue weighted by molar-refractivity contribution is 6.53. The van der Waals surface area contributed by atoms with Gasteiger partial charge in [0.25, 0.3) is 17.7 Å². The molecule has 1 aliphatic rings. The number of hydrogen-bond donors (Lipinski definition) is 2. The molecule has 4 rings (SSSR count). The summed E-state index contributed by atoms with van der Waals surface area (Å²) in [4.78, 5) is 39.1. The topological polar surface area (TPSA) is 91.7 Å². The van der Waals surface area contributed by atoms with Crippen LogP contribution in [-0.4, -0.2) is 17.7 Å². The van der Waals surface area contributed by atoms with Crippen LogP contribution in [0.3, 0.4) is 0 Å². The van der Waals surface area contributed by atoms with Gasteiger partial charge in [-0.25, -0.2) is 4.90 Å². The number of nitrogens with zero attached hydrogens (tertiary/aromatic N) is 1. The monoisotopic (exact) mass is 469 g/mol. The molecule has 1 aromatic heterocycles. The van der Waals surface area contributed by atoms with E-state index in [9.17, 15) is 14.4 Å². The molecule has 0 atom stereocenters. The number of halogens is 2. The van der Waals surface area contributed by atoms with Crippen molar-refractivity contribution < 1.29 is 18.8 Å². The summed E-state index contributed by atoms with van der Waals surface area (Å²) >= 11 is 12.2. The van der Waals surface area contributed by atoms with Crippen LogP contribution in [0.1, 0.15) is 21.7 Å². The average Bonchev–Trinajstić information content (AvgIpc) is 3.36. The lowest BCUT2D eigenvalue weighted by Crippen LogP contribution is -2.32. The number of aryl methyl sites for hydroxylation is 1. The van der Waals surface area contributed by atoms with Gasteiger partial charge in [-0.05, 0) is 55.0 Å². The van der Waals surface area contributed by atoms with Crippen molar-refractivity contribution in [2.24, 2.45) is 0 Å². The largest absolute Gasteiger partial charge is 0.467 e. The maximum atomic E-state index is 13.0. The molecule has 0 aliphatic carbocycles. The predicted molar refractivity (Wildman–Crippen MR) is 122 cm³/mol. The Bertz CT molecular complexity index is 1250. The van der Waals surface area contributed by atoms with E-state index in [2.05, 4.69) is 10.6 Å². The van der Waals surface area contributed by atoms with Gasteiger partial charge in [0.05, 0.1) is 18.5 Å². The van der Waals surface area contributed by atoms with E-state index in [4.69, 9.17) is 27.6 Å². The molecule has 0 saturated carbocycles. The second-order valence-electron chi connectivity index (χ2n) is 7.03. The van der Waals surface area contributed by atoms with Crippen molar-refractivity contribution in [3.05, 3.63) is 93.5 Å². The lowest BCUT2D eigenvalue weighted by molar-refractivity contribution is -0.120. The standard InChI is InChI=1S/C23H17Cl2N3O4/c1-13-7-8-14(21(29)26-12-17-6-3-9-32-17)10-18(13)27-20-19(25)22(30)28(23(20)31)16-5-2-4-15(24)11-16/h2-11,27H,12H2,1H3,(H,26,29). The van der Waals surface area contributed by atoms with Gasteiger partial charge in [0.2, 0.25) is 0 Å². The SMILES string of the molecule is Cc1ccc(C(=O)NCc2ccco2)cc1NC1=C(Cl)C(=O)N(c2cccc(Cl)c2)C1=O. The Kier molecular flexibility index (Phi) is 6.03. The first kappa shape index (κ1) is 21.7. The number of imide groups is 1. The van der Waals surface area contributed by atoms with Crippen molar-refractivity contribution in [2.45, 2.75) is 13.5 Å². The van der Waals surface area contributed by atoms with Gasteiger partial charge in [-0.3, -0.25) is 14.4 Å². The Labute approximate surface area is 193 Å². The summed E-state index contributed by atoms with van der Waals surface area (Å²) in [7, 11) is 0.